The molecule has 1 aliphatic carbocycles. The number of carbonyl (C=O) groups excluding carboxylic acids is 3. The second kappa shape index (κ2) is 12.7. The molecule has 3 heterocycles. The fourth-order valence-corrected chi connectivity index (χ4v) is 6.70. The minimum Gasteiger partial charge on any atom is -0.508 e. The summed E-state index contributed by atoms with van der Waals surface area (Å²) in [6.45, 7) is 5.51. The third-order valence-corrected chi connectivity index (χ3v) is 8.79. The Kier molecular flexibility index (Phi) is 8.61. The lowest BCUT2D eigenvalue weighted by atomic mass is 9.99. The van der Waals surface area contributed by atoms with Crippen LogP contribution in [-0.4, -0.2) is 87.3 Å². The zero-order chi connectivity index (χ0) is 30.8. The molecule has 0 radical (unpaired) electrons. The highest BCUT2D eigenvalue weighted by molar-refractivity contribution is 5.92. The van der Waals surface area contributed by atoms with Crippen LogP contribution in [0, 0.1) is 0 Å². The van der Waals surface area contributed by atoms with Crippen molar-refractivity contribution in [3.8, 4) is 11.5 Å². The average Bonchev–Trinajstić information content (AvgIpc) is 3.57. The van der Waals surface area contributed by atoms with Crippen molar-refractivity contribution in [3.05, 3.63) is 83.0 Å². The van der Waals surface area contributed by atoms with Crippen molar-refractivity contribution in [3.63, 3.8) is 0 Å². The molecule has 44 heavy (non-hydrogen) atoms. The molecule has 4 amide bonds. The number of carbonyl (C=O) groups is 3. The maximum atomic E-state index is 14.2. The monoisotopic (exact) mass is 599 g/mol. The number of hydrazine groups is 1. The molecule has 2 N–H and O–H groups in total. The molecule has 10 heteroatoms. The van der Waals surface area contributed by atoms with Gasteiger partial charge in [-0.1, -0.05) is 55.5 Å². The smallest absolute Gasteiger partial charge is 0.332 e. The largest absolute Gasteiger partial charge is 0.508 e. The fraction of sp³-hybridized carbons (Fsp3) is 0.441. The Hall–Kier alpha value is -4.31. The summed E-state index contributed by atoms with van der Waals surface area (Å²) in [7, 11) is 0. The molecule has 10 nitrogen and oxygen atoms in total. The predicted octanol–water partition coefficient (Wildman–Crippen LogP) is 3.75. The molecule has 3 aliphatic heterocycles. The van der Waals surface area contributed by atoms with Crippen LogP contribution < -0.4 is 10.1 Å². The van der Waals surface area contributed by atoms with E-state index in [9.17, 15) is 19.5 Å². The van der Waals surface area contributed by atoms with E-state index < -0.39 is 12.2 Å². The number of piperazine rings is 1. The van der Waals surface area contributed by atoms with Crippen LogP contribution in [0.25, 0.3) is 0 Å². The van der Waals surface area contributed by atoms with Gasteiger partial charge in [-0.2, -0.15) is 5.01 Å². The van der Waals surface area contributed by atoms with E-state index in [0.717, 1.165) is 47.3 Å². The van der Waals surface area contributed by atoms with Crippen molar-refractivity contribution in [2.75, 3.05) is 26.2 Å². The number of nitrogens with zero attached hydrogens (tertiary/aromatic N) is 4. The number of hydrogen-bond acceptors (Lipinski definition) is 6. The molecule has 0 aromatic heterocycles. The molecule has 6 rings (SSSR count). The molecule has 2 aromatic carbocycles. The minimum absolute atomic E-state index is 0.00917. The summed E-state index contributed by atoms with van der Waals surface area (Å²) >= 11 is 0. The van der Waals surface area contributed by atoms with Gasteiger partial charge in [0, 0.05) is 38.0 Å². The van der Waals surface area contributed by atoms with Crippen LogP contribution in [0.3, 0.4) is 0 Å². The van der Waals surface area contributed by atoms with E-state index in [1.165, 1.54) is 0 Å². The zero-order valence-corrected chi connectivity index (χ0v) is 25.4. The lowest BCUT2D eigenvalue weighted by molar-refractivity contribution is -0.157. The fourth-order valence-electron chi connectivity index (χ4n) is 6.70. The van der Waals surface area contributed by atoms with E-state index in [2.05, 4.69) is 23.5 Å². The molecule has 0 spiro atoms. The van der Waals surface area contributed by atoms with Gasteiger partial charge in [-0.25, -0.2) is 4.79 Å². The Labute approximate surface area is 258 Å². The normalized spacial score (nSPS) is 22.9. The second-order valence-electron chi connectivity index (χ2n) is 12.1. The summed E-state index contributed by atoms with van der Waals surface area (Å²) in [4.78, 5) is 45.0. The maximum Gasteiger partial charge on any atom is 0.332 e. The third kappa shape index (κ3) is 6.04. The minimum atomic E-state index is -0.753. The number of allylic oxidation sites excluding steroid dienone is 2. The van der Waals surface area contributed by atoms with Gasteiger partial charge in [0.05, 0.1) is 13.1 Å². The summed E-state index contributed by atoms with van der Waals surface area (Å²) < 4.78 is 6.14. The lowest BCUT2D eigenvalue weighted by Gasteiger charge is -2.46. The number of phenolic OH excluding ortho intramolecular Hbond substituents is 1. The van der Waals surface area contributed by atoms with Gasteiger partial charge in [-0.15, -0.1) is 0 Å². The summed E-state index contributed by atoms with van der Waals surface area (Å²) in [5, 5.41) is 16.4. The lowest BCUT2D eigenvalue weighted by Crippen LogP contribution is -2.66. The maximum absolute atomic E-state index is 14.2. The zero-order valence-electron chi connectivity index (χ0n) is 25.4. The van der Waals surface area contributed by atoms with Gasteiger partial charge < -0.3 is 25.0 Å². The SMILES string of the molecule is CCCN(C(=O)NCC1=CCCC=C1)N1CC(=O)N2[C@@H](Cc3ccc(O)cc3)C(=O)N(Cc3cccc4c3OC(C)C4)C[C@@H]21. The Bertz CT molecular complexity index is 1470. The summed E-state index contributed by atoms with van der Waals surface area (Å²) in [6.07, 6.45) is 9.64. The molecule has 2 saturated heterocycles. The van der Waals surface area contributed by atoms with Crippen molar-refractivity contribution in [1.82, 2.24) is 25.1 Å². The summed E-state index contributed by atoms with van der Waals surface area (Å²) in [6, 6.07) is 11.8. The Morgan fingerprint density at radius 1 is 1.14 bits per heavy atom. The molecule has 2 fully saturated rings. The molecule has 0 bridgehead atoms. The third-order valence-electron chi connectivity index (χ3n) is 8.79. The van der Waals surface area contributed by atoms with E-state index in [4.69, 9.17) is 4.74 Å². The number of fused-ring (bicyclic) bond motifs is 2. The molecule has 232 valence electrons. The first-order chi connectivity index (χ1) is 21.3. The molecule has 1 unspecified atom stereocenters. The van der Waals surface area contributed by atoms with Gasteiger partial charge >= 0.3 is 6.03 Å². The van der Waals surface area contributed by atoms with Gasteiger partial charge in [0.1, 0.15) is 29.8 Å². The van der Waals surface area contributed by atoms with Gasteiger partial charge in [0.15, 0.2) is 0 Å². The second-order valence-corrected chi connectivity index (χ2v) is 12.1. The van der Waals surface area contributed by atoms with Crippen LogP contribution in [0.4, 0.5) is 4.79 Å². The van der Waals surface area contributed by atoms with E-state index in [1.54, 1.807) is 39.1 Å². The van der Waals surface area contributed by atoms with E-state index in [0.29, 0.717) is 32.5 Å². The first-order valence-electron chi connectivity index (χ1n) is 15.6. The molecule has 3 atom stereocenters. The van der Waals surface area contributed by atoms with E-state index in [-0.39, 0.29) is 42.8 Å². The van der Waals surface area contributed by atoms with Crippen LogP contribution in [-0.2, 0) is 29.0 Å². The van der Waals surface area contributed by atoms with E-state index in [1.807, 2.05) is 37.1 Å². The Balaban J connectivity index is 1.29. The number of hydrogen-bond donors (Lipinski definition) is 2. The predicted molar refractivity (Wildman–Crippen MR) is 165 cm³/mol. The van der Waals surface area contributed by atoms with Gasteiger partial charge in [-0.05, 0) is 55.0 Å². The number of para-hydroxylation sites is 1. The number of ether oxygens (including phenoxy) is 1. The Morgan fingerprint density at radius 2 is 1.95 bits per heavy atom. The van der Waals surface area contributed by atoms with Crippen LogP contribution in [0.5, 0.6) is 11.5 Å². The summed E-state index contributed by atoms with van der Waals surface area (Å²) in [5.74, 6) is 0.647. The highest BCUT2D eigenvalue weighted by atomic mass is 16.5. The van der Waals surface area contributed by atoms with Gasteiger partial charge in [0.2, 0.25) is 11.8 Å². The van der Waals surface area contributed by atoms with Crippen LogP contribution >= 0.6 is 0 Å². The number of phenols is 1. The molecule has 4 aliphatic rings. The van der Waals surface area contributed by atoms with Crippen LogP contribution in [0.15, 0.2) is 66.3 Å². The highest BCUT2D eigenvalue weighted by Gasteiger charge is 2.52. The number of nitrogens with one attached hydrogen (secondary N) is 1. The number of urea groups is 1. The standard InChI is InChI=1S/C34H41N5O5/c1-3-16-37(34(43)35-19-25-8-5-4-6-9-25)38-22-31(41)39-29(18-24-12-14-28(40)15-13-24)33(42)36(21-30(38)39)20-27-11-7-10-26-17-23(2)44-32(26)27/h5,7-15,23,29-30,40H,3-4,6,16-22H2,1-2H3,(H,35,43)/t23?,29-,30+/m0/s1. The number of benzene rings is 2. The van der Waals surface area contributed by atoms with E-state index >= 15 is 0 Å². The summed E-state index contributed by atoms with van der Waals surface area (Å²) in [5.41, 5.74) is 3.97. The van der Waals surface area contributed by atoms with Crippen molar-refractivity contribution in [1.29, 1.82) is 0 Å². The first-order valence-corrected chi connectivity index (χ1v) is 15.6. The number of rotatable bonds is 9. The topological polar surface area (TPSA) is 106 Å². The van der Waals surface area contributed by atoms with Crippen molar-refractivity contribution < 1.29 is 24.2 Å². The van der Waals surface area contributed by atoms with Crippen LogP contribution in [0.1, 0.15) is 49.8 Å². The van der Waals surface area contributed by atoms with Gasteiger partial charge in [-0.3, -0.25) is 14.6 Å². The molecular weight excluding hydrogens is 558 g/mol. The molecular formula is C34H41N5O5. The highest BCUT2D eigenvalue weighted by Crippen LogP contribution is 2.35. The van der Waals surface area contributed by atoms with Gasteiger partial charge in [0.25, 0.3) is 0 Å². The average molecular weight is 600 g/mol. The van der Waals surface area contributed by atoms with Crippen molar-refractivity contribution in [2.24, 2.45) is 0 Å². The van der Waals surface area contributed by atoms with Crippen molar-refractivity contribution in [2.45, 2.75) is 70.8 Å². The molecule has 0 saturated carbocycles. The van der Waals surface area contributed by atoms with Crippen LogP contribution in [0.2, 0.25) is 0 Å². The Morgan fingerprint density at radius 3 is 2.70 bits per heavy atom. The van der Waals surface area contributed by atoms with Crippen molar-refractivity contribution >= 4 is 17.8 Å². The quantitative estimate of drug-likeness (QED) is 0.455. The molecule has 2 aromatic rings. The number of amides is 4. The number of aromatic hydroxyl groups is 1. The first kappa shape index (κ1) is 29.7.